The third-order valence-corrected chi connectivity index (χ3v) is 6.39. The maximum atomic E-state index is 15.2. The number of nitrogens with zero attached hydrogens (tertiary/aromatic N) is 1. The van der Waals surface area contributed by atoms with Crippen LogP contribution in [0.4, 0.5) is 39.4 Å². The van der Waals surface area contributed by atoms with Gasteiger partial charge in [0.05, 0.1) is 17.6 Å². The molecule has 1 atom stereocenters. The third kappa shape index (κ3) is 5.57. The van der Waals surface area contributed by atoms with E-state index in [9.17, 15) is 26.8 Å². The van der Waals surface area contributed by atoms with Crippen molar-refractivity contribution >= 4 is 39.0 Å². The second-order valence-electron chi connectivity index (χ2n) is 8.71. The summed E-state index contributed by atoms with van der Waals surface area (Å²) >= 11 is 0. The predicted octanol–water partition coefficient (Wildman–Crippen LogP) is 4.52. The minimum atomic E-state index is -3.70. The lowest BCUT2D eigenvalue weighted by atomic mass is 10.0. The van der Waals surface area contributed by atoms with E-state index in [4.69, 9.17) is 0 Å². The van der Waals surface area contributed by atoms with Crippen molar-refractivity contribution in [1.82, 2.24) is 5.32 Å². The Morgan fingerprint density at radius 1 is 0.974 bits per heavy atom. The lowest BCUT2D eigenvalue weighted by Crippen LogP contribution is -2.43. The fraction of sp³-hybridized carbons (Fsp3) is 0.200. The average Bonchev–Trinajstić information content (AvgIpc) is 3.17. The first-order valence-electron chi connectivity index (χ1n) is 11.3. The number of nitrogens with one attached hydrogen (secondary N) is 3. The molecule has 1 aliphatic rings. The normalized spacial score (nSPS) is 15.5. The number of anilines is 3. The molecular formula is C25H22F4N4O4S. The van der Waals surface area contributed by atoms with Crippen LogP contribution in [0, 0.1) is 30.2 Å². The van der Waals surface area contributed by atoms with E-state index in [0.717, 1.165) is 23.3 Å². The van der Waals surface area contributed by atoms with Gasteiger partial charge in [0.2, 0.25) is 15.9 Å². The first-order chi connectivity index (χ1) is 17.9. The second kappa shape index (κ2) is 10.3. The van der Waals surface area contributed by atoms with Crippen LogP contribution in [0.5, 0.6) is 0 Å². The zero-order chi connectivity index (χ0) is 27.8. The van der Waals surface area contributed by atoms with Gasteiger partial charge in [0.25, 0.3) is 0 Å². The quantitative estimate of drug-likeness (QED) is 0.393. The molecule has 0 spiro atoms. The second-order valence-corrected chi connectivity index (χ2v) is 10.5. The summed E-state index contributed by atoms with van der Waals surface area (Å²) in [5, 5.41) is 4.31. The van der Waals surface area contributed by atoms with E-state index in [2.05, 4.69) is 10.0 Å². The van der Waals surface area contributed by atoms with Crippen LogP contribution in [-0.2, 0) is 14.8 Å². The van der Waals surface area contributed by atoms with E-state index in [1.165, 1.54) is 43.3 Å². The van der Waals surface area contributed by atoms with Crippen LogP contribution in [0.15, 0.2) is 48.5 Å². The van der Waals surface area contributed by atoms with Gasteiger partial charge < -0.3 is 15.5 Å². The number of para-hydroxylation sites is 1. The SMILES string of the molecule is Cc1cc(F)c(NC(=O)N[C@@H]2CCN(c3ccc(-c4ccccc4NS(C)(=O)=O)c(F)c3F)C2=O)c(F)c1. The number of sulfonamides is 1. The molecule has 0 radical (unpaired) electrons. The monoisotopic (exact) mass is 550 g/mol. The molecule has 0 unspecified atom stereocenters. The van der Waals surface area contributed by atoms with Crippen molar-refractivity contribution in [2.45, 2.75) is 19.4 Å². The Hall–Kier alpha value is -4.13. The van der Waals surface area contributed by atoms with Crippen LogP contribution >= 0.6 is 0 Å². The highest BCUT2D eigenvalue weighted by atomic mass is 32.2. The van der Waals surface area contributed by atoms with Gasteiger partial charge in [-0.25, -0.2) is 30.8 Å². The fourth-order valence-electron chi connectivity index (χ4n) is 4.14. The highest BCUT2D eigenvalue weighted by Crippen LogP contribution is 2.36. The van der Waals surface area contributed by atoms with Gasteiger partial charge in [0.15, 0.2) is 11.6 Å². The van der Waals surface area contributed by atoms with Crippen molar-refractivity contribution < 1.29 is 35.6 Å². The average molecular weight is 551 g/mol. The fourth-order valence-corrected chi connectivity index (χ4v) is 4.72. The molecule has 3 N–H and O–H groups in total. The summed E-state index contributed by atoms with van der Waals surface area (Å²) in [4.78, 5) is 26.1. The van der Waals surface area contributed by atoms with Crippen molar-refractivity contribution in [3.8, 4) is 11.1 Å². The molecule has 1 fully saturated rings. The van der Waals surface area contributed by atoms with E-state index in [-0.39, 0.29) is 35.5 Å². The molecule has 13 heteroatoms. The van der Waals surface area contributed by atoms with Crippen LogP contribution in [-0.4, -0.2) is 39.2 Å². The lowest BCUT2D eigenvalue weighted by molar-refractivity contribution is -0.118. The van der Waals surface area contributed by atoms with Crippen LogP contribution in [0.25, 0.3) is 11.1 Å². The minimum absolute atomic E-state index is 0.0229. The van der Waals surface area contributed by atoms with Gasteiger partial charge in [-0.15, -0.1) is 0 Å². The van der Waals surface area contributed by atoms with Crippen LogP contribution in [0.2, 0.25) is 0 Å². The molecular weight excluding hydrogens is 528 g/mol. The summed E-state index contributed by atoms with van der Waals surface area (Å²) in [6.07, 6.45) is 0.941. The van der Waals surface area contributed by atoms with E-state index < -0.39 is 57.0 Å². The molecule has 8 nitrogen and oxygen atoms in total. The van der Waals surface area contributed by atoms with Gasteiger partial charge in [0, 0.05) is 17.7 Å². The number of rotatable bonds is 6. The molecule has 3 aromatic carbocycles. The number of amides is 3. The van der Waals surface area contributed by atoms with Gasteiger partial charge >= 0.3 is 6.03 Å². The summed E-state index contributed by atoms with van der Waals surface area (Å²) in [6.45, 7) is 1.40. The number of urea groups is 1. The highest BCUT2D eigenvalue weighted by Gasteiger charge is 2.36. The Bertz CT molecular complexity index is 1530. The van der Waals surface area contributed by atoms with E-state index in [0.29, 0.717) is 5.56 Å². The summed E-state index contributed by atoms with van der Waals surface area (Å²) in [5.74, 6) is -5.41. The number of aryl methyl sites for hydroxylation is 1. The minimum Gasteiger partial charge on any atom is -0.326 e. The number of hydrogen-bond acceptors (Lipinski definition) is 4. The number of hydrogen-bond donors (Lipinski definition) is 3. The Morgan fingerprint density at radius 2 is 1.63 bits per heavy atom. The molecule has 0 aromatic heterocycles. The van der Waals surface area contributed by atoms with Crippen molar-refractivity contribution in [3.63, 3.8) is 0 Å². The molecule has 1 saturated heterocycles. The molecule has 200 valence electrons. The van der Waals surface area contributed by atoms with E-state index in [1.807, 2.05) is 5.32 Å². The van der Waals surface area contributed by atoms with Gasteiger partial charge in [0.1, 0.15) is 23.4 Å². The maximum absolute atomic E-state index is 15.2. The smallest absolute Gasteiger partial charge is 0.320 e. The van der Waals surface area contributed by atoms with Gasteiger partial charge in [-0.2, -0.15) is 0 Å². The molecule has 1 heterocycles. The Morgan fingerprint density at radius 3 is 2.29 bits per heavy atom. The zero-order valence-electron chi connectivity index (χ0n) is 20.1. The van der Waals surface area contributed by atoms with Crippen molar-refractivity contribution in [1.29, 1.82) is 0 Å². The van der Waals surface area contributed by atoms with E-state index >= 15 is 8.78 Å². The Labute approximate surface area is 215 Å². The number of benzene rings is 3. The highest BCUT2D eigenvalue weighted by molar-refractivity contribution is 7.92. The zero-order valence-corrected chi connectivity index (χ0v) is 20.9. The van der Waals surface area contributed by atoms with Crippen molar-refractivity contribution in [2.75, 3.05) is 27.7 Å². The molecule has 3 amide bonds. The van der Waals surface area contributed by atoms with Crippen LogP contribution in [0.3, 0.4) is 0 Å². The third-order valence-electron chi connectivity index (χ3n) is 5.80. The molecule has 0 bridgehead atoms. The van der Waals surface area contributed by atoms with Crippen LogP contribution in [0.1, 0.15) is 12.0 Å². The molecule has 0 saturated carbocycles. The van der Waals surface area contributed by atoms with Crippen LogP contribution < -0.4 is 20.3 Å². The number of halogens is 4. The molecule has 1 aliphatic heterocycles. The number of carbonyl (C=O) groups is 2. The summed E-state index contributed by atoms with van der Waals surface area (Å²) in [7, 11) is -3.70. The standard InChI is InChI=1S/C25H22F4N4O4S/c1-13-11-16(26)23(17(27)12-13)31-25(35)30-19-9-10-33(24(19)34)20-8-7-15(21(28)22(20)29)14-5-3-4-6-18(14)32-38(2,36)37/h3-8,11-12,19,32H,9-10H2,1-2H3,(H2,30,31,35)/t19-/m1/s1. The molecule has 4 rings (SSSR count). The summed E-state index contributed by atoms with van der Waals surface area (Å²) < 4.78 is 83.9. The first kappa shape index (κ1) is 26.9. The van der Waals surface area contributed by atoms with Crippen molar-refractivity contribution in [2.24, 2.45) is 0 Å². The summed E-state index contributed by atoms with van der Waals surface area (Å²) in [6, 6.07) is 8.06. The molecule has 38 heavy (non-hydrogen) atoms. The molecule has 0 aliphatic carbocycles. The first-order valence-corrected chi connectivity index (χ1v) is 13.1. The molecule has 3 aromatic rings. The van der Waals surface area contributed by atoms with E-state index in [1.54, 1.807) is 0 Å². The Kier molecular flexibility index (Phi) is 7.31. The van der Waals surface area contributed by atoms with Gasteiger partial charge in [-0.1, -0.05) is 18.2 Å². The van der Waals surface area contributed by atoms with Crippen molar-refractivity contribution in [3.05, 3.63) is 77.4 Å². The Balaban J connectivity index is 1.53. The predicted molar refractivity (Wildman–Crippen MR) is 134 cm³/mol. The van der Waals surface area contributed by atoms with Gasteiger partial charge in [-0.05, 0) is 49.2 Å². The van der Waals surface area contributed by atoms with Gasteiger partial charge in [-0.3, -0.25) is 9.52 Å². The summed E-state index contributed by atoms with van der Waals surface area (Å²) in [5.41, 5.74) is -0.880. The largest absolute Gasteiger partial charge is 0.326 e. The topological polar surface area (TPSA) is 108 Å². The number of carbonyl (C=O) groups excluding carboxylic acids is 2. The maximum Gasteiger partial charge on any atom is 0.320 e. The lowest BCUT2D eigenvalue weighted by Gasteiger charge is -2.20.